The van der Waals surface area contributed by atoms with E-state index >= 15 is 0 Å². The van der Waals surface area contributed by atoms with Gasteiger partial charge >= 0.3 is 18.3 Å². The maximum Gasteiger partial charge on any atom is 0.416 e. The summed E-state index contributed by atoms with van der Waals surface area (Å²) in [5.41, 5.74) is 1.16. The van der Waals surface area contributed by atoms with Crippen LogP contribution in [0.2, 0.25) is 0 Å². The zero-order chi connectivity index (χ0) is 25.5. The van der Waals surface area contributed by atoms with E-state index in [4.69, 9.17) is 9.84 Å². The van der Waals surface area contributed by atoms with E-state index in [-0.39, 0.29) is 17.5 Å². The lowest BCUT2D eigenvalue weighted by molar-refractivity contribution is -0.147. The van der Waals surface area contributed by atoms with Gasteiger partial charge in [-0.3, -0.25) is 9.69 Å². The number of nitrogens with zero attached hydrogens (tertiary/aromatic N) is 1. The second kappa shape index (κ2) is 9.22. The van der Waals surface area contributed by atoms with Gasteiger partial charge in [0.15, 0.2) is 0 Å². The Morgan fingerprint density at radius 1 is 1.03 bits per heavy atom. The molecule has 0 saturated carbocycles. The van der Waals surface area contributed by atoms with Gasteiger partial charge in [0.25, 0.3) is 0 Å². The molecule has 0 atom stereocenters. The van der Waals surface area contributed by atoms with Gasteiger partial charge in [-0.05, 0) is 60.7 Å². The summed E-state index contributed by atoms with van der Waals surface area (Å²) in [5, 5.41) is 9.03. The van der Waals surface area contributed by atoms with Crippen molar-refractivity contribution in [3.05, 3.63) is 69.8 Å². The number of ether oxygens (including phenoxy) is 1. The number of carboxylic acid groups (broad SMARTS) is 1. The maximum atomic E-state index is 13.4. The number of hydrogen-bond acceptors (Lipinski definition) is 3. The second-order valence-electron chi connectivity index (χ2n) is 8.93. The van der Waals surface area contributed by atoms with Crippen LogP contribution in [0, 0.1) is 5.92 Å². The highest BCUT2D eigenvalue weighted by atomic mass is 19.4. The lowest BCUT2D eigenvalue weighted by Gasteiger charge is -2.38. The van der Waals surface area contributed by atoms with Crippen LogP contribution in [0.1, 0.15) is 41.2 Å². The molecule has 0 amide bonds. The molecule has 2 aromatic rings. The first-order valence-corrected chi connectivity index (χ1v) is 11.0. The van der Waals surface area contributed by atoms with Gasteiger partial charge in [-0.2, -0.15) is 26.3 Å². The first kappa shape index (κ1) is 25.1. The minimum Gasteiger partial charge on any atom is -0.489 e. The fourth-order valence-electron chi connectivity index (χ4n) is 4.52. The van der Waals surface area contributed by atoms with E-state index in [1.165, 1.54) is 5.57 Å². The van der Waals surface area contributed by atoms with Crippen LogP contribution >= 0.6 is 0 Å². The number of rotatable bonds is 6. The normalized spacial score (nSPS) is 17.2. The Morgan fingerprint density at radius 3 is 2.37 bits per heavy atom. The SMILES string of the molecule is CC1=C(CN2CC(C(=O)O)C2)CCc2cc(OCc3ccc(C(F)(F)F)cc3C(F)(F)F)ccc21. The number of aryl methyl sites for hydroxylation is 1. The van der Waals surface area contributed by atoms with Crippen molar-refractivity contribution in [2.45, 2.75) is 38.7 Å². The smallest absolute Gasteiger partial charge is 0.416 e. The topological polar surface area (TPSA) is 49.8 Å². The summed E-state index contributed by atoms with van der Waals surface area (Å²) in [6, 6.07) is 6.73. The molecule has 35 heavy (non-hydrogen) atoms. The summed E-state index contributed by atoms with van der Waals surface area (Å²) in [7, 11) is 0. The highest BCUT2D eigenvalue weighted by Gasteiger charge is 2.38. The van der Waals surface area contributed by atoms with Crippen LogP contribution in [-0.4, -0.2) is 35.6 Å². The summed E-state index contributed by atoms with van der Waals surface area (Å²) < 4.78 is 84.3. The molecular formula is C25H23F6NO3. The molecular weight excluding hydrogens is 476 g/mol. The molecule has 10 heteroatoms. The van der Waals surface area contributed by atoms with Crippen molar-refractivity contribution in [2.75, 3.05) is 19.6 Å². The number of likely N-dealkylation sites (tertiary alicyclic amines) is 1. The molecule has 4 nitrogen and oxygen atoms in total. The summed E-state index contributed by atoms with van der Waals surface area (Å²) in [5.74, 6) is -0.777. The number of carboxylic acids is 1. The van der Waals surface area contributed by atoms with Crippen molar-refractivity contribution in [1.82, 2.24) is 4.90 Å². The molecule has 1 aliphatic carbocycles. The fourth-order valence-corrected chi connectivity index (χ4v) is 4.52. The predicted octanol–water partition coefficient (Wildman–Crippen LogP) is 6.04. The Labute approximate surface area is 197 Å². The number of aliphatic carboxylic acids is 1. The van der Waals surface area contributed by atoms with Crippen molar-refractivity contribution in [3.63, 3.8) is 0 Å². The molecule has 188 valence electrons. The zero-order valence-electron chi connectivity index (χ0n) is 18.8. The third kappa shape index (κ3) is 5.47. The third-order valence-electron chi connectivity index (χ3n) is 6.56. The number of fused-ring (bicyclic) bond motifs is 1. The van der Waals surface area contributed by atoms with E-state index in [1.807, 2.05) is 13.0 Å². The summed E-state index contributed by atoms with van der Waals surface area (Å²) in [4.78, 5) is 13.1. The lowest BCUT2D eigenvalue weighted by atomic mass is 9.85. The van der Waals surface area contributed by atoms with Crippen LogP contribution < -0.4 is 4.74 Å². The van der Waals surface area contributed by atoms with Crippen LogP contribution in [0.15, 0.2) is 42.0 Å². The third-order valence-corrected chi connectivity index (χ3v) is 6.56. The molecule has 0 radical (unpaired) electrons. The Balaban J connectivity index is 1.47. The van der Waals surface area contributed by atoms with Gasteiger partial charge in [0.05, 0.1) is 17.0 Å². The van der Waals surface area contributed by atoms with Crippen molar-refractivity contribution in [2.24, 2.45) is 5.92 Å². The van der Waals surface area contributed by atoms with E-state index < -0.39 is 36.1 Å². The number of carbonyl (C=O) groups is 1. The Morgan fingerprint density at radius 2 is 1.74 bits per heavy atom. The quantitative estimate of drug-likeness (QED) is 0.493. The molecule has 0 bridgehead atoms. The Bertz CT molecular complexity index is 1160. The standard InChI is InChI=1S/C25H23F6NO3/c1-14-16(10-32-11-18(12-32)23(33)34)3-2-15-8-20(6-7-21(14)15)35-13-17-4-5-19(24(26,27)28)9-22(17)25(29,30)31/h4-9,18H,2-3,10-13H2,1H3,(H,33,34). The summed E-state index contributed by atoms with van der Waals surface area (Å²) in [6.45, 7) is 3.21. The highest BCUT2D eigenvalue weighted by Crippen LogP contribution is 2.38. The van der Waals surface area contributed by atoms with Gasteiger partial charge in [-0.25, -0.2) is 0 Å². The molecule has 2 aliphatic rings. The van der Waals surface area contributed by atoms with Crippen molar-refractivity contribution in [3.8, 4) is 5.75 Å². The van der Waals surface area contributed by atoms with Crippen molar-refractivity contribution < 1.29 is 41.0 Å². The first-order valence-electron chi connectivity index (χ1n) is 11.0. The molecule has 0 unspecified atom stereocenters. The van der Waals surface area contributed by atoms with Crippen LogP contribution in [0.25, 0.3) is 5.57 Å². The predicted molar refractivity (Wildman–Crippen MR) is 116 cm³/mol. The van der Waals surface area contributed by atoms with Crippen LogP contribution in [0.3, 0.4) is 0 Å². The van der Waals surface area contributed by atoms with E-state index in [0.29, 0.717) is 37.9 Å². The van der Waals surface area contributed by atoms with E-state index in [2.05, 4.69) is 4.90 Å². The fraction of sp³-hybridized carbons (Fsp3) is 0.400. The van der Waals surface area contributed by atoms with Crippen LogP contribution in [-0.2, 0) is 30.2 Å². The van der Waals surface area contributed by atoms with Crippen molar-refractivity contribution >= 4 is 11.5 Å². The molecule has 0 spiro atoms. The first-order chi connectivity index (χ1) is 16.3. The maximum absolute atomic E-state index is 13.4. The number of hydrogen-bond donors (Lipinski definition) is 1. The van der Waals surface area contributed by atoms with Crippen LogP contribution in [0.5, 0.6) is 5.75 Å². The average molecular weight is 499 g/mol. The second-order valence-corrected chi connectivity index (χ2v) is 8.93. The molecule has 1 N–H and O–H groups in total. The van der Waals surface area contributed by atoms with Crippen LogP contribution in [0.4, 0.5) is 26.3 Å². The van der Waals surface area contributed by atoms with Gasteiger partial charge in [-0.15, -0.1) is 0 Å². The van der Waals surface area contributed by atoms with Gasteiger partial charge in [0, 0.05) is 25.2 Å². The minimum absolute atomic E-state index is 0.109. The van der Waals surface area contributed by atoms with E-state index in [0.717, 1.165) is 29.2 Å². The van der Waals surface area contributed by atoms with E-state index in [9.17, 15) is 31.1 Å². The highest BCUT2D eigenvalue weighted by molar-refractivity contribution is 5.73. The summed E-state index contributed by atoms with van der Waals surface area (Å²) in [6.07, 6.45) is -8.36. The Hall–Kier alpha value is -3.01. The number of allylic oxidation sites excluding steroid dienone is 1. The Kier molecular flexibility index (Phi) is 6.61. The molecule has 1 heterocycles. The molecule has 1 saturated heterocycles. The number of halogens is 6. The number of alkyl halides is 6. The van der Waals surface area contributed by atoms with E-state index in [1.54, 1.807) is 12.1 Å². The molecule has 1 fully saturated rings. The van der Waals surface area contributed by atoms with Crippen molar-refractivity contribution in [1.29, 1.82) is 0 Å². The molecule has 0 aromatic heterocycles. The molecule has 4 rings (SSSR count). The van der Waals surface area contributed by atoms with Gasteiger partial charge in [-0.1, -0.05) is 17.7 Å². The van der Waals surface area contributed by atoms with Gasteiger partial charge < -0.3 is 9.84 Å². The average Bonchev–Trinajstić information content (AvgIpc) is 2.74. The largest absolute Gasteiger partial charge is 0.489 e. The van der Waals surface area contributed by atoms with Gasteiger partial charge in [0.1, 0.15) is 12.4 Å². The minimum atomic E-state index is -4.95. The monoisotopic (exact) mass is 499 g/mol. The number of benzene rings is 2. The summed E-state index contributed by atoms with van der Waals surface area (Å²) >= 11 is 0. The molecule has 1 aliphatic heterocycles. The van der Waals surface area contributed by atoms with Gasteiger partial charge in [0.2, 0.25) is 0 Å². The zero-order valence-corrected chi connectivity index (χ0v) is 18.8. The molecule has 2 aromatic carbocycles. The lowest BCUT2D eigenvalue weighted by Crippen LogP contribution is -2.50.